The fraction of sp³-hybridized carbons (Fsp3) is 0.833. The van der Waals surface area contributed by atoms with Gasteiger partial charge in [-0.25, -0.2) is 0 Å². The predicted octanol–water partition coefficient (Wildman–Crippen LogP) is -0.195. The van der Waals surface area contributed by atoms with E-state index >= 15 is 0 Å². The molecular formula is C12H21N3O2. The number of nitrogens with zero attached hydrogens (tertiary/aromatic N) is 2. The second kappa shape index (κ2) is 5.04. The first-order valence-corrected chi connectivity index (χ1v) is 6.39. The van der Waals surface area contributed by atoms with Crippen LogP contribution in [0.15, 0.2) is 0 Å². The minimum atomic E-state index is 0.0685. The standard InChI is InChI=1S/C12H21N3O2/c1-9-7-15(6-4-10(9)13)12(17)8-14-5-2-3-11(14)16/h9-10H,2-8,13H2,1H3. The van der Waals surface area contributed by atoms with Gasteiger partial charge in [0.25, 0.3) is 0 Å². The van der Waals surface area contributed by atoms with Crippen LogP contribution < -0.4 is 5.73 Å². The van der Waals surface area contributed by atoms with Crippen molar-refractivity contribution in [2.45, 2.75) is 32.2 Å². The van der Waals surface area contributed by atoms with Gasteiger partial charge in [-0.1, -0.05) is 6.92 Å². The van der Waals surface area contributed by atoms with Gasteiger partial charge in [0.15, 0.2) is 0 Å². The summed E-state index contributed by atoms with van der Waals surface area (Å²) in [4.78, 5) is 27.0. The molecule has 2 amide bonds. The molecule has 0 bridgehead atoms. The lowest BCUT2D eigenvalue weighted by Crippen LogP contribution is -2.50. The Morgan fingerprint density at radius 3 is 2.82 bits per heavy atom. The Labute approximate surface area is 102 Å². The van der Waals surface area contributed by atoms with E-state index in [-0.39, 0.29) is 24.4 Å². The normalized spacial score (nSPS) is 29.9. The Balaban J connectivity index is 1.85. The van der Waals surface area contributed by atoms with Crippen molar-refractivity contribution in [2.24, 2.45) is 11.7 Å². The topological polar surface area (TPSA) is 66.6 Å². The van der Waals surface area contributed by atoms with E-state index in [0.29, 0.717) is 12.3 Å². The summed E-state index contributed by atoms with van der Waals surface area (Å²) in [6.07, 6.45) is 2.34. The Hall–Kier alpha value is -1.10. The van der Waals surface area contributed by atoms with Crippen molar-refractivity contribution in [1.29, 1.82) is 0 Å². The molecule has 0 aromatic rings. The summed E-state index contributed by atoms with van der Waals surface area (Å²) in [5.74, 6) is 0.529. The van der Waals surface area contributed by atoms with Crippen LogP contribution in [0.4, 0.5) is 0 Å². The molecule has 2 unspecified atom stereocenters. The first-order chi connectivity index (χ1) is 8.08. The zero-order chi connectivity index (χ0) is 12.4. The number of likely N-dealkylation sites (tertiary alicyclic amines) is 2. The van der Waals surface area contributed by atoms with Crippen molar-refractivity contribution in [3.8, 4) is 0 Å². The number of hydrogen-bond acceptors (Lipinski definition) is 3. The summed E-state index contributed by atoms with van der Waals surface area (Å²) in [5, 5.41) is 0. The van der Waals surface area contributed by atoms with Crippen LogP contribution in [0.25, 0.3) is 0 Å². The Morgan fingerprint density at radius 2 is 2.24 bits per heavy atom. The van der Waals surface area contributed by atoms with Crippen LogP contribution in [-0.2, 0) is 9.59 Å². The molecule has 96 valence electrons. The van der Waals surface area contributed by atoms with Crippen molar-refractivity contribution < 1.29 is 9.59 Å². The number of nitrogens with two attached hydrogens (primary N) is 1. The van der Waals surface area contributed by atoms with Crippen molar-refractivity contribution in [3.63, 3.8) is 0 Å². The molecule has 17 heavy (non-hydrogen) atoms. The highest BCUT2D eigenvalue weighted by atomic mass is 16.2. The average Bonchev–Trinajstić information content (AvgIpc) is 2.68. The zero-order valence-corrected chi connectivity index (χ0v) is 10.4. The highest BCUT2D eigenvalue weighted by Crippen LogP contribution is 2.16. The van der Waals surface area contributed by atoms with Crippen LogP contribution in [0.3, 0.4) is 0 Å². The molecule has 2 heterocycles. The molecule has 5 nitrogen and oxygen atoms in total. The molecule has 2 N–H and O–H groups in total. The van der Waals surface area contributed by atoms with E-state index in [1.165, 1.54) is 0 Å². The fourth-order valence-electron chi connectivity index (χ4n) is 2.52. The van der Waals surface area contributed by atoms with Gasteiger partial charge >= 0.3 is 0 Å². The zero-order valence-electron chi connectivity index (χ0n) is 10.4. The van der Waals surface area contributed by atoms with Crippen molar-refractivity contribution in [2.75, 3.05) is 26.2 Å². The third-order valence-corrected chi connectivity index (χ3v) is 3.82. The number of amides is 2. The van der Waals surface area contributed by atoms with Crippen molar-refractivity contribution in [1.82, 2.24) is 9.80 Å². The molecule has 0 aromatic heterocycles. The van der Waals surface area contributed by atoms with E-state index in [2.05, 4.69) is 6.92 Å². The van der Waals surface area contributed by atoms with E-state index < -0.39 is 0 Å². The number of piperidine rings is 1. The van der Waals surface area contributed by atoms with Crippen LogP contribution in [0.1, 0.15) is 26.2 Å². The highest BCUT2D eigenvalue weighted by molar-refractivity contribution is 5.85. The average molecular weight is 239 g/mol. The summed E-state index contributed by atoms with van der Waals surface area (Å²) in [6, 6.07) is 0.201. The molecule has 0 saturated carbocycles. The van der Waals surface area contributed by atoms with Gasteiger partial charge in [-0.3, -0.25) is 9.59 Å². The van der Waals surface area contributed by atoms with E-state index in [9.17, 15) is 9.59 Å². The third kappa shape index (κ3) is 2.77. The van der Waals surface area contributed by atoms with Gasteiger partial charge in [0.2, 0.25) is 11.8 Å². The summed E-state index contributed by atoms with van der Waals surface area (Å²) in [7, 11) is 0. The Bertz CT molecular complexity index is 319. The Morgan fingerprint density at radius 1 is 1.47 bits per heavy atom. The minimum Gasteiger partial charge on any atom is -0.341 e. The lowest BCUT2D eigenvalue weighted by molar-refractivity contribution is -0.139. The molecule has 2 aliphatic rings. The second-order valence-electron chi connectivity index (χ2n) is 5.19. The van der Waals surface area contributed by atoms with Gasteiger partial charge in [0.1, 0.15) is 0 Å². The molecule has 0 aromatic carbocycles. The van der Waals surface area contributed by atoms with Gasteiger partial charge in [-0.15, -0.1) is 0 Å². The number of hydrogen-bond donors (Lipinski definition) is 1. The predicted molar refractivity (Wildman–Crippen MR) is 64.2 cm³/mol. The summed E-state index contributed by atoms with van der Waals surface area (Å²) in [5.41, 5.74) is 5.92. The van der Waals surface area contributed by atoms with Gasteiger partial charge in [-0.2, -0.15) is 0 Å². The Kier molecular flexibility index (Phi) is 3.66. The van der Waals surface area contributed by atoms with Crippen LogP contribution in [0.2, 0.25) is 0 Å². The summed E-state index contributed by atoms with van der Waals surface area (Å²) >= 11 is 0. The monoisotopic (exact) mass is 239 g/mol. The first-order valence-electron chi connectivity index (χ1n) is 6.39. The number of carbonyl (C=O) groups is 2. The van der Waals surface area contributed by atoms with E-state index in [1.54, 1.807) is 4.90 Å². The van der Waals surface area contributed by atoms with Crippen LogP contribution in [-0.4, -0.2) is 53.8 Å². The fourth-order valence-corrected chi connectivity index (χ4v) is 2.52. The number of rotatable bonds is 2. The smallest absolute Gasteiger partial charge is 0.242 e. The van der Waals surface area contributed by atoms with Gasteiger partial charge in [0.05, 0.1) is 6.54 Å². The largest absolute Gasteiger partial charge is 0.341 e. The molecule has 0 radical (unpaired) electrons. The van der Waals surface area contributed by atoms with Gasteiger partial charge < -0.3 is 15.5 Å². The molecule has 2 atom stereocenters. The molecule has 2 rings (SSSR count). The molecule has 0 aliphatic carbocycles. The summed E-state index contributed by atoms with van der Waals surface area (Å²) in [6.45, 7) is 4.51. The lowest BCUT2D eigenvalue weighted by Gasteiger charge is -2.35. The lowest BCUT2D eigenvalue weighted by atomic mass is 9.95. The van der Waals surface area contributed by atoms with Crippen molar-refractivity contribution >= 4 is 11.8 Å². The molecule has 5 heteroatoms. The second-order valence-corrected chi connectivity index (χ2v) is 5.19. The molecule has 2 saturated heterocycles. The molecular weight excluding hydrogens is 218 g/mol. The SMILES string of the molecule is CC1CN(C(=O)CN2CCCC2=O)CCC1N. The number of carbonyl (C=O) groups excluding carboxylic acids is 2. The van der Waals surface area contributed by atoms with Gasteiger partial charge in [-0.05, 0) is 18.8 Å². The quantitative estimate of drug-likeness (QED) is 0.726. The van der Waals surface area contributed by atoms with Crippen LogP contribution >= 0.6 is 0 Å². The maximum atomic E-state index is 12.0. The third-order valence-electron chi connectivity index (χ3n) is 3.82. The van der Waals surface area contributed by atoms with E-state index in [0.717, 1.165) is 32.5 Å². The van der Waals surface area contributed by atoms with E-state index in [1.807, 2.05) is 4.90 Å². The molecule has 2 fully saturated rings. The van der Waals surface area contributed by atoms with Crippen LogP contribution in [0.5, 0.6) is 0 Å². The van der Waals surface area contributed by atoms with Gasteiger partial charge in [0, 0.05) is 32.1 Å². The summed E-state index contributed by atoms with van der Waals surface area (Å²) < 4.78 is 0. The van der Waals surface area contributed by atoms with Crippen molar-refractivity contribution in [3.05, 3.63) is 0 Å². The minimum absolute atomic E-state index is 0.0685. The maximum absolute atomic E-state index is 12.0. The van der Waals surface area contributed by atoms with Crippen LogP contribution in [0, 0.1) is 5.92 Å². The molecule has 0 spiro atoms. The van der Waals surface area contributed by atoms with E-state index in [4.69, 9.17) is 5.73 Å². The molecule has 2 aliphatic heterocycles. The highest BCUT2D eigenvalue weighted by Gasteiger charge is 2.29. The maximum Gasteiger partial charge on any atom is 0.242 e. The first kappa shape index (κ1) is 12.4.